The largest absolute Gasteiger partial charge is 0.454 e. The van der Waals surface area contributed by atoms with Gasteiger partial charge in [0.1, 0.15) is 5.75 Å². The van der Waals surface area contributed by atoms with Crippen LogP contribution in [0.25, 0.3) is 0 Å². The Morgan fingerprint density at radius 1 is 0.868 bits per heavy atom. The number of hydrogen-bond acceptors (Lipinski definition) is 6. The fourth-order valence-corrected chi connectivity index (χ4v) is 7.10. The summed E-state index contributed by atoms with van der Waals surface area (Å²) in [4.78, 5) is 46.0. The summed E-state index contributed by atoms with van der Waals surface area (Å²) >= 11 is 6.40. The lowest BCUT2D eigenvalue weighted by atomic mass is 9.83. The highest BCUT2D eigenvalue weighted by atomic mass is 35.5. The molecule has 0 aliphatic carbocycles. The van der Waals surface area contributed by atoms with Crippen molar-refractivity contribution in [1.82, 2.24) is 4.90 Å². The zero-order chi connectivity index (χ0) is 37.1. The Kier molecular flexibility index (Phi) is 10.1. The summed E-state index contributed by atoms with van der Waals surface area (Å²) in [7, 11) is 0. The molecule has 2 aliphatic rings. The van der Waals surface area contributed by atoms with Crippen LogP contribution in [0, 0.1) is 5.92 Å². The van der Waals surface area contributed by atoms with Crippen molar-refractivity contribution in [2.75, 3.05) is 23.0 Å². The van der Waals surface area contributed by atoms with Crippen molar-refractivity contribution in [3.05, 3.63) is 161 Å². The molecule has 0 radical (unpaired) electrons. The first-order valence-electron chi connectivity index (χ1n) is 17.4. The third kappa shape index (κ3) is 6.94. The number of benzene rings is 5. The summed E-state index contributed by atoms with van der Waals surface area (Å²) in [6.07, 6.45) is 3.36. The molecule has 5 aromatic rings. The molecule has 0 saturated heterocycles. The molecule has 2 N–H and O–H groups in total. The fraction of sp³-hybridized carbons (Fsp3) is 0.186. The average Bonchev–Trinajstić information content (AvgIpc) is 3.29. The number of aliphatic hydroxyl groups excluding tert-OH is 1. The first-order chi connectivity index (χ1) is 25.7. The van der Waals surface area contributed by atoms with Gasteiger partial charge in [-0.1, -0.05) is 97.4 Å². The monoisotopic (exact) mass is 727 g/mol. The van der Waals surface area contributed by atoms with Gasteiger partial charge in [-0.25, -0.2) is 0 Å². The molecular formula is C43H38ClN3O6. The van der Waals surface area contributed by atoms with E-state index in [1.54, 1.807) is 65.3 Å². The second-order valence-corrected chi connectivity index (χ2v) is 13.6. The zero-order valence-corrected chi connectivity index (χ0v) is 29.8. The molecule has 268 valence electrons. The van der Waals surface area contributed by atoms with Gasteiger partial charge in [-0.3, -0.25) is 19.3 Å². The van der Waals surface area contributed by atoms with Crippen LogP contribution in [0.1, 0.15) is 40.4 Å². The maximum atomic E-state index is 14.2. The molecule has 9 nitrogen and oxygen atoms in total. The number of nitrogens with zero attached hydrogens (tertiary/aromatic N) is 3. The smallest absolute Gasteiger partial charge is 0.266 e. The van der Waals surface area contributed by atoms with Crippen molar-refractivity contribution >= 4 is 46.4 Å². The number of carbonyl (C=O) groups is 3. The van der Waals surface area contributed by atoms with Crippen LogP contribution in [0.2, 0.25) is 5.02 Å². The third-order valence-corrected chi connectivity index (χ3v) is 9.96. The average molecular weight is 728 g/mol. The lowest BCUT2D eigenvalue weighted by molar-refractivity contribution is -0.139. The minimum Gasteiger partial charge on any atom is -0.454 e. The Morgan fingerprint density at radius 2 is 1.57 bits per heavy atom. The number of amides is 3. The van der Waals surface area contributed by atoms with Gasteiger partial charge < -0.3 is 24.7 Å². The molecular weight excluding hydrogens is 690 g/mol. The second-order valence-electron chi connectivity index (χ2n) is 13.1. The van der Waals surface area contributed by atoms with Gasteiger partial charge in [-0.05, 0) is 65.7 Å². The maximum Gasteiger partial charge on any atom is 0.266 e. The minimum absolute atomic E-state index is 0.0294. The predicted octanol–water partition coefficient (Wildman–Crippen LogP) is 7.76. The fourth-order valence-electron chi connectivity index (χ4n) is 6.93. The molecule has 0 bridgehead atoms. The topological polar surface area (TPSA) is 111 Å². The molecule has 0 spiro atoms. The lowest BCUT2D eigenvalue weighted by Crippen LogP contribution is -2.44. The van der Waals surface area contributed by atoms with Crippen molar-refractivity contribution in [1.29, 1.82) is 0 Å². The summed E-state index contributed by atoms with van der Waals surface area (Å²) in [5.41, 5.74) is 2.36. The van der Waals surface area contributed by atoms with Gasteiger partial charge in [0, 0.05) is 41.7 Å². The summed E-state index contributed by atoms with van der Waals surface area (Å²) in [5, 5.41) is 22.1. The van der Waals surface area contributed by atoms with Crippen molar-refractivity contribution in [3.63, 3.8) is 0 Å². The number of halogens is 1. The van der Waals surface area contributed by atoms with E-state index in [2.05, 4.69) is 0 Å². The first-order valence-corrected chi connectivity index (χ1v) is 17.8. The molecule has 3 amide bonds. The van der Waals surface area contributed by atoms with Gasteiger partial charge in [0.25, 0.3) is 11.8 Å². The Hall–Kier alpha value is -5.74. The van der Waals surface area contributed by atoms with Crippen LogP contribution >= 0.6 is 11.6 Å². The number of hydrogen-bond donors (Lipinski definition) is 2. The van der Waals surface area contributed by atoms with Crippen molar-refractivity contribution in [2.24, 2.45) is 5.92 Å². The van der Waals surface area contributed by atoms with Crippen LogP contribution in [-0.4, -0.2) is 46.0 Å². The number of fused-ring (bicyclic) bond motifs is 3. The molecule has 10 heteroatoms. The first kappa shape index (κ1) is 35.7. The lowest BCUT2D eigenvalue weighted by Gasteiger charge is -2.28. The molecule has 7 rings (SSSR count). The molecule has 0 fully saturated rings. The number of aliphatic hydroxyl groups is 2. The van der Waals surface area contributed by atoms with Gasteiger partial charge in [-0.15, -0.1) is 0 Å². The highest BCUT2D eigenvalue weighted by Gasteiger charge is 2.52. The van der Waals surface area contributed by atoms with Crippen molar-refractivity contribution < 1.29 is 29.3 Å². The summed E-state index contributed by atoms with van der Waals surface area (Å²) < 4.78 is 6.13. The molecule has 0 saturated carbocycles. The number of anilines is 3. The van der Waals surface area contributed by atoms with E-state index in [4.69, 9.17) is 16.3 Å². The van der Waals surface area contributed by atoms with Crippen LogP contribution in [0.3, 0.4) is 0 Å². The predicted molar refractivity (Wildman–Crippen MR) is 204 cm³/mol. The maximum absolute atomic E-state index is 14.2. The Balaban J connectivity index is 1.10. The van der Waals surface area contributed by atoms with E-state index in [1.807, 2.05) is 84.9 Å². The number of rotatable bonds is 11. The molecule has 53 heavy (non-hydrogen) atoms. The number of para-hydroxylation sites is 3. The third-order valence-electron chi connectivity index (χ3n) is 9.73. The molecule has 2 heterocycles. The summed E-state index contributed by atoms with van der Waals surface area (Å²) in [5.74, 6) is -0.623. The minimum atomic E-state index is -1.94. The quantitative estimate of drug-likeness (QED) is 0.135. The van der Waals surface area contributed by atoms with E-state index in [-0.39, 0.29) is 37.9 Å². The standard InChI is InChI=1S/C43H38ClN3O6/c1-29(10-9-17-40(49)45(24-25-48)27-30-11-3-2-4-12-30)43(52)35-26-32(44)20-23-36(35)46(42(43)51)28-31-18-21-33(22-19-31)47-37-14-6-8-16-39(37)53-38-15-7-5-13-34(38)41(47)50/h2-16,18-23,26,29,48,52H,17,24-25,27-28H2,1H3/b10-9+/t29-,43+/m0/s1. The highest BCUT2D eigenvalue weighted by Crippen LogP contribution is 2.47. The molecule has 2 aliphatic heterocycles. The van der Waals surface area contributed by atoms with E-state index in [0.29, 0.717) is 51.3 Å². The van der Waals surface area contributed by atoms with E-state index in [0.717, 1.165) is 11.1 Å². The van der Waals surface area contributed by atoms with Gasteiger partial charge in [0.2, 0.25) is 5.91 Å². The van der Waals surface area contributed by atoms with E-state index >= 15 is 0 Å². The molecule has 0 unspecified atom stereocenters. The summed E-state index contributed by atoms with van der Waals surface area (Å²) in [6, 6.07) is 36.4. The van der Waals surface area contributed by atoms with E-state index in [1.165, 1.54) is 4.90 Å². The van der Waals surface area contributed by atoms with Crippen LogP contribution in [0.15, 0.2) is 133 Å². The highest BCUT2D eigenvalue weighted by molar-refractivity contribution is 6.31. The summed E-state index contributed by atoms with van der Waals surface area (Å²) in [6.45, 7) is 2.26. The van der Waals surface area contributed by atoms with Crippen molar-refractivity contribution in [2.45, 2.75) is 32.0 Å². The van der Waals surface area contributed by atoms with Crippen LogP contribution in [0.5, 0.6) is 11.5 Å². The van der Waals surface area contributed by atoms with Crippen LogP contribution < -0.4 is 14.5 Å². The van der Waals surface area contributed by atoms with Gasteiger partial charge in [0.05, 0.1) is 30.1 Å². The second kappa shape index (κ2) is 15.1. The molecule has 2 atom stereocenters. The zero-order valence-electron chi connectivity index (χ0n) is 29.1. The van der Waals surface area contributed by atoms with E-state index in [9.17, 15) is 24.6 Å². The van der Waals surface area contributed by atoms with Crippen LogP contribution in [-0.2, 0) is 28.3 Å². The van der Waals surface area contributed by atoms with E-state index < -0.39 is 17.4 Å². The molecule has 5 aromatic carbocycles. The van der Waals surface area contributed by atoms with Crippen LogP contribution in [0.4, 0.5) is 17.1 Å². The van der Waals surface area contributed by atoms with Crippen molar-refractivity contribution in [3.8, 4) is 11.5 Å². The van der Waals surface area contributed by atoms with Gasteiger partial charge >= 0.3 is 0 Å². The number of ether oxygens (including phenoxy) is 1. The number of carbonyl (C=O) groups excluding carboxylic acids is 3. The Bertz CT molecular complexity index is 2190. The van der Waals surface area contributed by atoms with Gasteiger partial charge in [0.15, 0.2) is 11.4 Å². The van der Waals surface area contributed by atoms with Gasteiger partial charge in [-0.2, -0.15) is 0 Å². The SMILES string of the molecule is C[C@@H](/C=C/CC(=O)N(CCO)Cc1ccccc1)[C@]1(O)C(=O)N(Cc2ccc(N3C(=O)c4ccccc4Oc4ccccc43)cc2)c2ccc(Cl)cc21. The normalized spacial score (nSPS) is 16.8. The molecule has 0 aromatic heterocycles. The Morgan fingerprint density at radius 3 is 2.32 bits per heavy atom. The Labute approximate surface area is 312 Å².